The summed E-state index contributed by atoms with van der Waals surface area (Å²) in [6.07, 6.45) is 3.65. The van der Waals surface area contributed by atoms with Gasteiger partial charge >= 0.3 is 0 Å². The van der Waals surface area contributed by atoms with E-state index in [-0.39, 0.29) is 6.10 Å². The van der Waals surface area contributed by atoms with Crippen molar-refractivity contribution in [3.63, 3.8) is 0 Å². The molecule has 0 spiro atoms. The van der Waals surface area contributed by atoms with Crippen molar-refractivity contribution in [2.75, 3.05) is 0 Å². The van der Waals surface area contributed by atoms with Crippen LogP contribution in [0.15, 0.2) is 53.0 Å². The van der Waals surface area contributed by atoms with E-state index >= 15 is 0 Å². The number of aryl methyl sites for hydroxylation is 1. The average molecular weight is 303 g/mol. The molecule has 2 aromatic rings. The number of halogens is 1. The van der Waals surface area contributed by atoms with Gasteiger partial charge in [-0.25, -0.2) is 0 Å². The van der Waals surface area contributed by atoms with E-state index in [1.807, 2.05) is 30.3 Å². The molecule has 0 fully saturated rings. The molecule has 0 N–H and O–H groups in total. The smallest absolute Gasteiger partial charge is 0.124 e. The maximum atomic E-state index is 6.11. The van der Waals surface area contributed by atoms with Crippen molar-refractivity contribution in [2.24, 2.45) is 0 Å². The molecular formula is C16H15BrO. The number of rotatable bonds is 2. The lowest BCUT2D eigenvalue weighted by atomic mass is 9.89. The first-order valence-electron chi connectivity index (χ1n) is 6.33. The molecule has 0 bridgehead atoms. The van der Waals surface area contributed by atoms with Crippen LogP contribution in [0.25, 0.3) is 0 Å². The first-order valence-corrected chi connectivity index (χ1v) is 7.12. The Morgan fingerprint density at radius 2 is 1.89 bits per heavy atom. The fourth-order valence-corrected chi connectivity index (χ4v) is 2.93. The molecule has 3 rings (SSSR count). The predicted molar refractivity (Wildman–Crippen MR) is 76.9 cm³/mol. The number of hydrogen-bond acceptors (Lipinski definition) is 1. The molecule has 0 radical (unpaired) electrons. The van der Waals surface area contributed by atoms with Crippen molar-refractivity contribution in [3.8, 4) is 5.75 Å². The largest absolute Gasteiger partial charge is 0.486 e. The van der Waals surface area contributed by atoms with E-state index in [0.717, 1.165) is 23.1 Å². The van der Waals surface area contributed by atoms with Crippen molar-refractivity contribution in [3.05, 3.63) is 64.1 Å². The molecule has 0 amide bonds. The van der Waals surface area contributed by atoms with Gasteiger partial charge in [-0.15, -0.1) is 0 Å². The van der Waals surface area contributed by atoms with Crippen LogP contribution in [0.3, 0.4) is 0 Å². The highest BCUT2D eigenvalue weighted by Crippen LogP contribution is 2.34. The topological polar surface area (TPSA) is 9.23 Å². The van der Waals surface area contributed by atoms with Crippen LogP contribution in [0.1, 0.15) is 30.1 Å². The first kappa shape index (κ1) is 11.8. The minimum Gasteiger partial charge on any atom is -0.486 e. The van der Waals surface area contributed by atoms with E-state index in [2.05, 4.69) is 34.1 Å². The Kier molecular flexibility index (Phi) is 3.37. The minimum atomic E-state index is 0.198. The highest BCUT2D eigenvalue weighted by molar-refractivity contribution is 9.10. The molecule has 1 aliphatic rings. The van der Waals surface area contributed by atoms with Crippen LogP contribution in [0.4, 0.5) is 0 Å². The van der Waals surface area contributed by atoms with Gasteiger partial charge in [0.25, 0.3) is 0 Å². The summed E-state index contributed by atoms with van der Waals surface area (Å²) in [6, 6.07) is 16.6. The lowest BCUT2D eigenvalue weighted by Gasteiger charge is -2.26. The molecular weight excluding hydrogens is 288 g/mol. The minimum absolute atomic E-state index is 0.198. The van der Waals surface area contributed by atoms with Gasteiger partial charge in [-0.2, -0.15) is 0 Å². The third-order valence-corrected chi connectivity index (χ3v) is 3.88. The zero-order valence-corrected chi connectivity index (χ0v) is 11.7. The maximum Gasteiger partial charge on any atom is 0.124 e. The Labute approximate surface area is 116 Å². The summed E-state index contributed by atoms with van der Waals surface area (Å²) < 4.78 is 7.26. The standard InChI is InChI=1S/C16H15BrO/c17-13-9-10-15-12(11-13)5-4-8-16(15)18-14-6-2-1-3-7-14/h1-3,6-7,9-11,16H,4-5,8H2. The van der Waals surface area contributed by atoms with E-state index in [0.29, 0.717) is 0 Å². The van der Waals surface area contributed by atoms with Gasteiger partial charge in [0.1, 0.15) is 11.9 Å². The summed E-state index contributed by atoms with van der Waals surface area (Å²) in [6.45, 7) is 0. The summed E-state index contributed by atoms with van der Waals surface area (Å²) in [5.41, 5.74) is 2.75. The molecule has 2 aromatic carbocycles. The van der Waals surface area contributed by atoms with Gasteiger partial charge in [-0.3, -0.25) is 0 Å². The summed E-state index contributed by atoms with van der Waals surface area (Å²) in [4.78, 5) is 0. The number of ether oxygens (including phenoxy) is 1. The van der Waals surface area contributed by atoms with Gasteiger partial charge < -0.3 is 4.74 Å². The molecule has 1 unspecified atom stereocenters. The molecule has 0 saturated carbocycles. The molecule has 92 valence electrons. The summed E-state index contributed by atoms with van der Waals surface area (Å²) >= 11 is 3.54. The predicted octanol–water partition coefficient (Wildman–Crippen LogP) is 4.91. The molecule has 1 nitrogen and oxygen atoms in total. The van der Waals surface area contributed by atoms with Crippen LogP contribution in [0, 0.1) is 0 Å². The Morgan fingerprint density at radius 1 is 1.06 bits per heavy atom. The molecule has 1 atom stereocenters. The first-order chi connectivity index (χ1) is 8.83. The monoisotopic (exact) mass is 302 g/mol. The Hall–Kier alpha value is -1.28. The summed E-state index contributed by atoms with van der Waals surface area (Å²) in [5.74, 6) is 0.957. The zero-order valence-electron chi connectivity index (χ0n) is 10.1. The van der Waals surface area contributed by atoms with Crippen molar-refractivity contribution in [2.45, 2.75) is 25.4 Å². The van der Waals surface area contributed by atoms with Gasteiger partial charge in [0.15, 0.2) is 0 Å². The normalized spacial score (nSPS) is 18.2. The third kappa shape index (κ3) is 2.44. The van der Waals surface area contributed by atoms with Crippen LogP contribution in [0.2, 0.25) is 0 Å². The van der Waals surface area contributed by atoms with E-state index in [9.17, 15) is 0 Å². The van der Waals surface area contributed by atoms with E-state index < -0.39 is 0 Å². The second-order valence-corrected chi connectivity index (χ2v) is 5.57. The van der Waals surface area contributed by atoms with Crippen molar-refractivity contribution >= 4 is 15.9 Å². The molecule has 0 aliphatic heterocycles. The number of fused-ring (bicyclic) bond motifs is 1. The van der Waals surface area contributed by atoms with Gasteiger partial charge in [0.2, 0.25) is 0 Å². The van der Waals surface area contributed by atoms with Crippen molar-refractivity contribution < 1.29 is 4.74 Å². The Morgan fingerprint density at radius 3 is 2.72 bits per heavy atom. The van der Waals surface area contributed by atoms with Crippen LogP contribution < -0.4 is 4.74 Å². The average Bonchev–Trinajstić information content (AvgIpc) is 2.40. The highest BCUT2D eigenvalue weighted by atomic mass is 79.9. The molecule has 1 aliphatic carbocycles. The van der Waals surface area contributed by atoms with E-state index in [1.54, 1.807) is 0 Å². The quantitative estimate of drug-likeness (QED) is 0.766. The lowest BCUT2D eigenvalue weighted by molar-refractivity contribution is 0.183. The summed E-state index contributed by atoms with van der Waals surface area (Å²) in [7, 11) is 0. The van der Waals surface area contributed by atoms with Gasteiger partial charge in [-0.05, 0) is 54.7 Å². The Balaban J connectivity index is 1.87. The van der Waals surface area contributed by atoms with Gasteiger partial charge in [-0.1, -0.05) is 40.2 Å². The third-order valence-electron chi connectivity index (χ3n) is 3.39. The van der Waals surface area contributed by atoms with Crippen molar-refractivity contribution in [1.82, 2.24) is 0 Å². The maximum absolute atomic E-state index is 6.11. The highest BCUT2D eigenvalue weighted by Gasteiger charge is 2.21. The van der Waals surface area contributed by atoms with Gasteiger partial charge in [0, 0.05) is 4.47 Å². The SMILES string of the molecule is Brc1ccc2c(c1)CCCC2Oc1ccccc1. The fraction of sp³-hybridized carbons (Fsp3) is 0.250. The molecule has 0 heterocycles. The molecule has 18 heavy (non-hydrogen) atoms. The zero-order chi connectivity index (χ0) is 12.4. The number of benzene rings is 2. The summed E-state index contributed by atoms with van der Waals surface area (Å²) in [5, 5.41) is 0. The fourth-order valence-electron chi connectivity index (χ4n) is 2.52. The van der Waals surface area contributed by atoms with Crippen LogP contribution >= 0.6 is 15.9 Å². The van der Waals surface area contributed by atoms with Gasteiger partial charge in [0.05, 0.1) is 0 Å². The Bertz CT molecular complexity index is 536. The molecule has 0 aromatic heterocycles. The number of hydrogen-bond donors (Lipinski definition) is 0. The van der Waals surface area contributed by atoms with E-state index in [4.69, 9.17) is 4.74 Å². The van der Waals surface area contributed by atoms with Crippen LogP contribution in [0.5, 0.6) is 5.75 Å². The second kappa shape index (κ2) is 5.15. The van der Waals surface area contributed by atoms with Crippen LogP contribution in [-0.2, 0) is 6.42 Å². The lowest BCUT2D eigenvalue weighted by Crippen LogP contribution is -2.15. The molecule has 2 heteroatoms. The number of para-hydroxylation sites is 1. The van der Waals surface area contributed by atoms with E-state index in [1.165, 1.54) is 17.5 Å². The molecule has 0 saturated heterocycles. The van der Waals surface area contributed by atoms with Crippen LogP contribution in [-0.4, -0.2) is 0 Å². The van der Waals surface area contributed by atoms with Crippen molar-refractivity contribution in [1.29, 1.82) is 0 Å². The second-order valence-electron chi connectivity index (χ2n) is 4.65.